The van der Waals surface area contributed by atoms with E-state index in [2.05, 4.69) is 17.6 Å². The van der Waals surface area contributed by atoms with Crippen molar-refractivity contribution in [3.05, 3.63) is 0 Å². The molecule has 1 unspecified atom stereocenters. The van der Waals surface area contributed by atoms with E-state index in [1.54, 1.807) is 0 Å². The van der Waals surface area contributed by atoms with Crippen molar-refractivity contribution in [1.29, 1.82) is 0 Å². The summed E-state index contributed by atoms with van der Waals surface area (Å²) >= 11 is 0. The molecule has 0 saturated carbocycles. The van der Waals surface area contributed by atoms with Gasteiger partial charge in [0.1, 0.15) is 6.04 Å². The summed E-state index contributed by atoms with van der Waals surface area (Å²) in [5.74, 6) is -0.117. The Kier molecular flexibility index (Phi) is 21.8. The van der Waals surface area contributed by atoms with Gasteiger partial charge in [-0.15, -0.1) is 0 Å². The average molecular weight is 426 g/mol. The Labute approximate surface area is 186 Å². The number of likely N-dealkylation sites (N-methyl/N-ethyl adjacent to an activating group) is 1. The molecule has 0 fully saturated rings. The third-order valence-corrected chi connectivity index (χ3v) is 5.71. The molecule has 5 heteroatoms. The largest absolute Gasteiger partial charge is 0.355 e. The smallest absolute Gasteiger partial charge is 0.242 e. The predicted octanol–water partition coefficient (Wildman–Crippen LogP) is 5.61. The molecular weight excluding hydrogens is 374 g/mol. The number of unbranched alkanes of at least 4 members (excludes halogenated alkanes) is 14. The minimum absolute atomic E-state index is 0.0158. The zero-order valence-electron chi connectivity index (χ0n) is 20.1. The van der Waals surface area contributed by atoms with Crippen molar-refractivity contribution in [2.24, 2.45) is 5.73 Å². The summed E-state index contributed by atoms with van der Waals surface area (Å²) in [4.78, 5) is 24.2. The SMILES string of the molecule is CCCCCCCCCCCCCCCCCC(=O)NC(CCCN)C(=O)NCC. The third kappa shape index (κ3) is 18.9. The van der Waals surface area contributed by atoms with Gasteiger partial charge < -0.3 is 16.4 Å². The second-order valence-electron chi connectivity index (χ2n) is 8.65. The van der Waals surface area contributed by atoms with E-state index in [0.717, 1.165) is 19.3 Å². The highest BCUT2D eigenvalue weighted by Gasteiger charge is 2.19. The first-order valence-corrected chi connectivity index (χ1v) is 12.9. The maximum absolute atomic E-state index is 12.1. The van der Waals surface area contributed by atoms with Gasteiger partial charge in [-0.1, -0.05) is 96.8 Å². The molecule has 0 radical (unpaired) electrons. The van der Waals surface area contributed by atoms with Crippen molar-refractivity contribution in [1.82, 2.24) is 10.6 Å². The molecule has 0 spiro atoms. The number of rotatable bonds is 22. The molecule has 0 aromatic carbocycles. The first-order valence-electron chi connectivity index (χ1n) is 12.9. The van der Waals surface area contributed by atoms with E-state index < -0.39 is 6.04 Å². The van der Waals surface area contributed by atoms with Crippen molar-refractivity contribution >= 4 is 11.8 Å². The maximum Gasteiger partial charge on any atom is 0.242 e. The Hall–Kier alpha value is -1.10. The monoisotopic (exact) mass is 425 g/mol. The van der Waals surface area contributed by atoms with E-state index >= 15 is 0 Å². The standard InChI is InChI=1S/C25H51N3O2/c1-3-5-6-7-8-9-10-11-12-13-14-15-16-17-18-21-24(29)28-23(20-19-22-26)25(30)27-4-2/h23H,3-22,26H2,1-2H3,(H,27,30)(H,28,29). The Morgan fingerprint density at radius 3 is 1.60 bits per heavy atom. The zero-order chi connectivity index (χ0) is 22.3. The number of hydrogen-bond acceptors (Lipinski definition) is 3. The van der Waals surface area contributed by atoms with E-state index in [1.165, 1.54) is 83.5 Å². The third-order valence-electron chi connectivity index (χ3n) is 5.71. The van der Waals surface area contributed by atoms with Crippen LogP contribution in [0.4, 0.5) is 0 Å². The minimum Gasteiger partial charge on any atom is -0.355 e. The van der Waals surface area contributed by atoms with Crippen molar-refractivity contribution in [3.63, 3.8) is 0 Å². The lowest BCUT2D eigenvalue weighted by Crippen LogP contribution is -2.46. The summed E-state index contributed by atoms with van der Waals surface area (Å²) in [6.45, 7) is 5.26. The zero-order valence-corrected chi connectivity index (χ0v) is 20.1. The molecule has 0 aliphatic carbocycles. The second kappa shape index (κ2) is 22.6. The van der Waals surface area contributed by atoms with E-state index in [4.69, 9.17) is 5.73 Å². The Morgan fingerprint density at radius 2 is 1.17 bits per heavy atom. The van der Waals surface area contributed by atoms with Crippen LogP contribution in [0, 0.1) is 0 Å². The van der Waals surface area contributed by atoms with Crippen LogP contribution in [-0.2, 0) is 9.59 Å². The summed E-state index contributed by atoms with van der Waals surface area (Å²) in [5.41, 5.74) is 5.54. The fourth-order valence-corrected chi connectivity index (χ4v) is 3.81. The fourth-order valence-electron chi connectivity index (χ4n) is 3.81. The van der Waals surface area contributed by atoms with Crippen molar-refractivity contribution in [2.45, 2.75) is 135 Å². The van der Waals surface area contributed by atoms with Crippen LogP contribution >= 0.6 is 0 Å². The van der Waals surface area contributed by atoms with Crippen molar-refractivity contribution in [2.75, 3.05) is 13.1 Å². The quantitative estimate of drug-likeness (QED) is 0.197. The summed E-state index contributed by atoms with van der Waals surface area (Å²) in [7, 11) is 0. The number of carbonyl (C=O) groups excluding carboxylic acids is 2. The predicted molar refractivity (Wildman–Crippen MR) is 128 cm³/mol. The van der Waals surface area contributed by atoms with E-state index in [-0.39, 0.29) is 11.8 Å². The van der Waals surface area contributed by atoms with Crippen molar-refractivity contribution < 1.29 is 9.59 Å². The van der Waals surface area contributed by atoms with Crippen LogP contribution in [-0.4, -0.2) is 30.9 Å². The van der Waals surface area contributed by atoms with Gasteiger partial charge in [-0.3, -0.25) is 9.59 Å². The van der Waals surface area contributed by atoms with Gasteiger partial charge >= 0.3 is 0 Å². The molecule has 0 heterocycles. The molecule has 0 aliphatic heterocycles. The molecule has 30 heavy (non-hydrogen) atoms. The van der Waals surface area contributed by atoms with Gasteiger partial charge in [-0.25, -0.2) is 0 Å². The van der Waals surface area contributed by atoms with E-state index in [9.17, 15) is 9.59 Å². The molecule has 4 N–H and O–H groups in total. The number of carbonyl (C=O) groups is 2. The van der Waals surface area contributed by atoms with Crippen molar-refractivity contribution in [3.8, 4) is 0 Å². The van der Waals surface area contributed by atoms with Crippen LogP contribution in [0.3, 0.4) is 0 Å². The Morgan fingerprint density at radius 1 is 0.700 bits per heavy atom. The summed E-state index contributed by atoms with van der Waals surface area (Å²) < 4.78 is 0. The van der Waals surface area contributed by atoms with Gasteiger partial charge in [-0.05, 0) is 32.7 Å². The molecule has 5 nitrogen and oxygen atoms in total. The molecule has 0 bridgehead atoms. The lowest BCUT2D eigenvalue weighted by molar-refractivity contribution is -0.129. The highest BCUT2D eigenvalue weighted by molar-refractivity contribution is 5.87. The lowest BCUT2D eigenvalue weighted by Gasteiger charge is -2.17. The molecule has 0 aliphatic rings. The van der Waals surface area contributed by atoms with E-state index in [0.29, 0.717) is 25.9 Å². The molecule has 2 amide bonds. The molecule has 0 rings (SSSR count). The fraction of sp³-hybridized carbons (Fsp3) is 0.920. The minimum atomic E-state index is -0.447. The maximum atomic E-state index is 12.1. The molecule has 0 saturated heterocycles. The number of hydrogen-bond donors (Lipinski definition) is 3. The van der Waals surface area contributed by atoms with Crippen LogP contribution in [0.15, 0.2) is 0 Å². The van der Waals surface area contributed by atoms with Gasteiger partial charge in [0, 0.05) is 13.0 Å². The topological polar surface area (TPSA) is 84.2 Å². The molecular formula is C25H51N3O2. The highest BCUT2D eigenvalue weighted by atomic mass is 16.2. The Balaban J connectivity index is 3.53. The molecule has 1 atom stereocenters. The Bertz CT molecular complexity index is 402. The second-order valence-corrected chi connectivity index (χ2v) is 8.65. The normalized spacial score (nSPS) is 12.0. The van der Waals surface area contributed by atoms with E-state index in [1.807, 2.05) is 6.92 Å². The van der Waals surface area contributed by atoms with Gasteiger partial charge in [0.05, 0.1) is 0 Å². The van der Waals surface area contributed by atoms with Crippen LogP contribution in [0.2, 0.25) is 0 Å². The average Bonchev–Trinajstić information content (AvgIpc) is 2.74. The summed E-state index contributed by atoms with van der Waals surface area (Å²) in [6.07, 6.45) is 21.6. The molecule has 178 valence electrons. The number of amides is 2. The number of nitrogens with two attached hydrogens (primary N) is 1. The van der Waals surface area contributed by atoms with Gasteiger partial charge in [0.2, 0.25) is 11.8 Å². The summed E-state index contributed by atoms with van der Waals surface area (Å²) in [6, 6.07) is -0.447. The van der Waals surface area contributed by atoms with Crippen LogP contribution in [0.5, 0.6) is 0 Å². The van der Waals surface area contributed by atoms with Gasteiger partial charge in [-0.2, -0.15) is 0 Å². The van der Waals surface area contributed by atoms with Gasteiger partial charge in [0.15, 0.2) is 0 Å². The first kappa shape index (κ1) is 28.9. The lowest BCUT2D eigenvalue weighted by atomic mass is 10.0. The number of nitrogens with one attached hydrogen (secondary N) is 2. The van der Waals surface area contributed by atoms with Crippen LogP contribution < -0.4 is 16.4 Å². The highest BCUT2D eigenvalue weighted by Crippen LogP contribution is 2.13. The van der Waals surface area contributed by atoms with Gasteiger partial charge in [0.25, 0.3) is 0 Å². The molecule has 0 aromatic rings. The van der Waals surface area contributed by atoms with Crippen LogP contribution in [0.25, 0.3) is 0 Å². The summed E-state index contributed by atoms with van der Waals surface area (Å²) in [5, 5.41) is 5.67. The van der Waals surface area contributed by atoms with Crippen LogP contribution in [0.1, 0.15) is 129 Å². The first-order chi connectivity index (χ1) is 14.7. The molecule has 0 aromatic heterocycles.